The average Bonchev–Trinajstić information content (AvgIpc) is 2.27. The van der Waals surface area contributed by atoms with Gasteiger partial charge in [0.2, 0.25) is 5.95 Å². The van der Waals surface area contributed by atoms with E-state index in [2.05, 4.69) is 36.2 Å². The predicted molar refractivity (Wildman–Crippen MR) is 71.1 cm³/mol. The van der Waals surface area contributed by atoms with Crippen LogP contribution in [0.3, 0.4) is 0 Å². The van der Waals surface area contributed by atoms with Gasteiger partial charge in [-0.15, -0.1) is 0 Å². The summed E-state index contributed by atoms with van der Waals surface area (Å²) in [5.41, 5.74) is 6.93. The first-order chi connectivity index (χ1) is 8.54. The molecule has 0 bridgehead atoms. The summed E-state index contributed by atoms with van der Waals surface area (Å²) in [6.07, 6.45) is 3.17. The monoisotopic (exact) mass is 307 g/mol. The van der Waals surface area contributed by atoms with E-state index >= 15 is 0 Å². The van der Waals surface area contributed by atoms with Crippen LogP contribution in [0.1, 0.15) is 16.2 Å². The van der Waals surface area contributed by atoms with Crippen LogP contribution in [0, 0.1) is 6.92 Å². The number of nitrogens with one attached hydrogen (secondary N) is 1. The molecule has 2 rings (SSSR count). The predicted octanol–water partition coefficient (Wildman–Crippen LogP) is 1.78. The summed E-state index contributed by atoms with van der Waals surface area (Å²) in [6, 6.07) is 3.30. The normalized spacial score (nSPS) is 10.1. The van der Waals surface area contributed by atoms with Gasteiger partial charge in [-0.05, 0) is 35.0 Å². The number of amides is 1. The highest BCUT2D eigenvalue weighted by Crippen LogP contribution is 2.14. The van der Waals surface area contributed by atoms with E-state index in [0.29, 0.717) is 11.4 Å². The van der Waals surface area contributed by atoms with Gasteiger partial charge in [0.1, 0.15) is 5.69 Å². The fourth-order valence-corrected chi connectivity index (χ4v) is 1.75. The van der Waals surface area contributed by atoms with Crippen LogP contribution in [0.5, 0.6) is 0 Å². The lowest BCUT2D eigenvalue weighted by Gasteiger charge is -2.05. The maximum Gasteiger partial charge on any atom is 0.274 e. The molecule has 0 aromatic carbocycles. The second-order valence-electron chi connectivity index (χ2n) is 3.60. The Hall–Kier alpha value is -2.02. The standard InChI is InChI=1S/C11H10BrN5O/c1-6-2-9(17-11(13)15-6)10(18)16-8-3-7(12)4-14-5-8/h2-5H,1H3,(H,16,18)(H2,13,15,17). The summed E-state index contributed by atoms with van der Waals surface area (Å²) in [5.74, 6) is -0.278. The van der Waals surface area contributed by atoms with Gasteiger partial charge in [-0.2, -0.15) is 0 Å². The van der Waals surface area contributed by atoms with E-state index in [-0.39, 0.29) is 17.5 Å². The van der Waals surface area contributed by atoms with Crippen molar-refractivity contribution in [2.45, 2.75) is 6.92 Å². The lowest BCUT2D eigenvalue weighted by atomic mass is 10.3. The number of aryl methyl sites for hydroxylation is 1. The van der Waals surface area contributed by atoms with E-state index in [9.17, 15) is 4.79 Å². The number of nitrogen functional groups attached to an aromatic ring is 1. The molecule has 0 radical (unpaired) electrons. The van der Waals surface area contributed by atoms with Crippen LogP contribution >= 0.6 is 15.9 Å². The molecule has 2 aromatic heterocycles. The number of carbonyl (C=O) groups excluding carboxylic acids is 1. The van der Waals surface area contributed by atoms with Crippen molar-refractivity contribution < 1.29 is 4.79 Å². The Bertz CT molecular complexity index is 581. The average molecular weight is 308 g/mol. The zero-order valence-electron chi connectivity index (χ0n) is 9.51. The molecule has 0 aliphatic carbocycles. The number of hydrogen-bond acceptors (Lipinski definition) is 5. The van der Waals surface area contributed by atoms with Crippen LogP contribution < -0.4 is 11.1 Å². The van der Waals surface area contributed by atoms with E-state index in [1.807, 2.05) is 0 Å². The van der Waals surface area contributed by atoms with Crippen LogP contribution in [0.4, 0.5) is 11.6 Å². The number of anilines is 2. The SMILES string of the molecule is Cc1cc(C(=O)Nc2cncc(Br)c2)nc(N)n1. The Labute approximate surface area is 112 Å². The first-order valence-electron chi connectivity index (χ1n) is 5.07. The second kappa shape index (κ2) is 5.09. The van der Waals surface area contributed by atoms with E-state index in [1.165, 1.54) is 0 Å². The van der Waals surface area contributed by atoms with E-state index < -0.39 is 0 Å². The maximum atomic E-state index is 11.9. The van der Waals surface area contributed by atoms with Crippen molar-refractivity contribution in [2.24, 2.45) is 0 Å². The van der Waals surface area contributed by atoms with Crippen molar-refractivity contribution in [2.75, 3.05) is 11.1 Å². The number of carbonyl (C=O) groups is 1. The molecule has 0 fully saturated rings. The highest BCUT2D eigenvalue weighted by molar-refractivity contribution is 9.10. The first-order valence-corrected chi connectivity index (χ1v) is 5.87. The number of halogens is 1. The minimum Gasteiger partial charge on any atom is -0.368 e. The third-order valence-electron chi connectivity index (χ3n) is 2.07. The summed E-state index contributed by atoms with van der Waals surface area (Å²) in [6.45, 7) is 1.75. The quantitative estimate of drug-likeness (QED) is 0.882. The van der Waals surface area contributed by atoms with Crippen molar-refractivity contribution in [3.63, 3.8) is 0 Å². The van der Waals surface area contributed by atoms with Crippen LogP contribution in [0.25, 0.3) is 0 Å². The minimum absolute atomic E-state index is 0.0764. The molecule has 92 valence electrons. The zero-order valence-corrected chi connectivity index (χ0v) is 11.1. The second-order valence-corrected chi connectivity index (χ2v) is 4.51. The molecule has 7 heteroatoms. The molecule has 0 saturated carbocycles. The van der Waals surface area contributed by atoms with Crippen LogP contribution in [-0.4, -0.2) is 20.9 Å². The van der Waals surface area contributed by atoms with Crippen molar-refractivity contribution in [3.05, 3.63) is 40.4 Å². The van der Waals surface area contributed by atoms with Gasteiger partial charge >= 0.3 is 0 Å². The van der Waals surface area contributed by atoms with Gasteiger partial charge in [-0.3, -0.25) is 9.78 Å². The highest BCUT2D eigenvalue weighted by atomic mass is 79.9. The smallest absolute Gasteiger partial charge is 0.274 e. The highest BCUT2D eigenvalue weighted by Gasteiger charge is 2.10. The van der Waals surface area contributed by atoms with Gasteiger partial charge in [0.05, 0.1) is 11.9 Å². The van der Waals surface area contributed by atoms with Crippen molar-refractivity contribution >= 4 is 33.5 Å². The van der Waals surface area contributed by atoms with E-state index in [1.54, 1.807) is 31.5 Å². The van der Waals surface area contributed by atoms with Crippen LogP contribution in [-0.2, 0) is 0 Å². The Morgan fingerprint density at radius 2 is 2.11 bits per heavy atom. The first kappa shape index (κ1) is 12.4. The number of nitrogens with zero attached hydrogens (tertiary/aromatic N) is 3. The molecule has 2 aromatic rings. The molecule has 0 aliphatic rings. The van der Waals surface area contributed by atoms with E-state index in [0.717, 1.165) is 4.47 Å². The number of hydrogen-bond donors (Lipinski definition) is 2. The lowest BCUT2D eigenvalue weighted by molar-refractivity contribution is 0.102. The Balaban J connectivity index is 2.22. The summed E-state index contributed by atoms with van der Waals surface area (Å²) >= 11 is 3.27. The fourth-order valence-electron chi connectivity index (χ4n) is 1.38. The zero-order chi connectivity index (χ0) is 13.1. The third kappa shape index (κ3) is 3.01. The van der Waals surface area contributed by atoms with Crippen molar-refractivity contribution in [3.8, 4) is 0 Å². The Morgan fingerprint density at radius 1 is 1.33 bits per heavy atom. The summed E-state index contributed by atoms with van der Waals surface area (Å²) in [5, 5.41) is 2.68. The van der Waals surface area contributed by atoms with Gasteiger partial charge in [-0.1, -0.05) is 0 Å². The number of rotatable bonds is 2. The summed E-state index contributed by atoms with van der Waals surface area (Å²) in [7, 11) is 0. The van der Waals surface area contributed by atoms with Gasteiger partial charge in [0.15, 0.2) is 0 Å². The molecule has 0 aliphatic heterocycles. The van der Waals surface area contributed by atoms with Gasteiger partial charge in [0, 0.05) is 16.4 Å². The Kier molecular flexibility index (Phi) is 3.52. The number of nitrogens with two attached hydrogens (primary N) is 1. The Morgan fingerprint density at radius 3 is 2.78 bits per heavy atom. The topological polar surface area (TPSA) is 93.8 Å². The van der Waals surface area contributed by atoms with Crippen LogP contribution in [0.2, 0.25) is 0 Å². The maximum absolute atomic E-state index is 11.9. The van der Waals surface area contributed by atoms with Gasteiger partial charge in [0.25, 0.3) is 5.91 Å². The van der Waals surface area contributed by atoms with Crippen molar-refractivity contribution in [1.82, 2.24) is 15.0 Å². The van der Waals surface area contributed by atoms with E-state index in [4.69, 9.17) is 5.73 Å². The van der Waals surface area contributed by atoms with Gasteiger partial charge in [-0.25, -0.2) is 9.97 Å². The summed E-state index contributed by atoms with van der Waals surface area (Å²) < 4.78 is 0.777. The molecular formula is C11H10BrN5O. The van der Waals surface area contributed by atoms with Crippen LogP contribution in [0.15, 0.2) is 29.0 Å². The number of pyridine rings is 1. The molecular weight excluding hydrogens is 298 g/mol. The molecule has 2 heterocycles. The fraction of sp³-hybridized carbons (Fsp3) is 0.0909. The number of aromatic nitrogens is 3. The molecule has 3 N–H and O–H groups in total. The minimum atomic E-state index is -0.355. The van der Waals surface area contributed by atoms with Crippen molar-refractivity contribution in [1.29, 1.82) is 0 Å². The summed E-state index contributed by atoms with van der Waals surface area (Å²) in [4.78, 5) is 23.7. The molecule has 0 saturated heterocycles. The molecule has 18 heavy (non-hydrogen) atoms. The molecule has 1 amide bonds. The van der Waals surface area contributed by atoms with Gasteiger partial charge < -0.3 is 11.1 Å². The molecule has 0 spiro atoms. The molecule has 0 atom stereocenters. The molecule has 0 unspecified atom stereocenters. The lowest BCUT2D eigenvalue weighted by Crippen LogP contribution is -2.15. The third-order valence-corrected chi connectivity index (χ3v) is 2.50. The largest absolute Gasteiger partial charge is 0.368 e. The molecule has 6 nitrogen and oxygen atoms in total.